The minimum Gasteiger partial charge on any atom is -0.255 e. The third-order valence-electron chi connectivity index (χ3n) is 2.01. The van der Waals surface area contributed by atoms with Crippen LogP contribution in [0.15, 0.2) is 35.4 Å². The van der Waals surface area contributed by atoms with Crippen LogP contribution in [0, 0.1) is 0 Å². The molecule has 0 N–H and O–H groups in total. The van der Waals surface area contributed by atoms with Crippen molar-refractivity contribution in [1.82, 2.24) is 4.98 Å². The van der Waals surface area contributed by atoms with Crippen LogP contribution in [0.1, 0.15) is 5.56 Å². The van der Waals surface area contributed by atoms with Gasteiger partial charge in [0.15, 0.2) is 0 Å². The van der Waals surface area contributed by atoms with Crippen LogP contribution in [0.2, 0.25) is 0 Å². The molecule has 0 spiro atoms. The molecule has 0 aliphatic rings. The van der Waals surface area contributed by atoms with Crippen LogP contribution >= 0.6 is 25.3 Å². The molecular formula is C10H9NS2. The van der Waals surface area contributed by atoms with E-state index in [-0.39, 0.29) is 0 Å². The molecule has 1 aromatic carbocycles. The predicted octanol–water partition coefficient (Wildman–Crippen LogP) is 2.95. The number of benzene rings is 1. The standard InChI is InChI=1S/C10H9NS2/c12-6-7-3-4-9(13)10-8(7)2-1-5-11-10/h1-5,12-13H,6H2. The van der Waals surface area contributed by atoms with E-state index in [1.807, 2.05) is 24.3 Å². The Hall–Kier alpha value is -0.670. The lowest BCUT2D eigenvalue weighted by Crippen LogP contribution is -1.85. The third kappa shape index (κ3) is 1.54. The number of pyridine rings is 1. The smallest absolute Gasteiger partial charge is 0.0838 e. The van der Waals surface area contributed by atoms with Crippen LogP contribution in [0.3, 0.4) is 0 Å². The Labute approximate surface area is 88.0 Å². The van der Waals surface area contributed by atoms with E-state index in [1.165, 1.54) is 5.56 Å². The van der Waals surface area contributed by atoms with Gasteiger partial charge in [0, 0.05) is 22.2 Å². The van der Waals surface area contributed by atoms with Crippen LogP contribution in [0.25, 0.3) is 10.9 Å². The molecule has 13 heavy (non-hydrogen) atoms. The summed E-state index contributed by atoms with van der Waals surface area (Å²) in [4.78, 5) is 5.20. The lowest BCUT2D eigenvalue weighted by molar-refractivity contribution is 1.32. The monoisotopic (exact) mass is 207 g/mol. The molecule has 0 atom stereocenters. The van der Waals surface area contributed by atoms with Gasteiger partial charge in [-0.3, -0.25) is 4.98 Å². The molecule has 0 unspecified atom stereocenters. The summed E-state index contributed by atoms with van der Waals surface area (Å²) in [7, 11) is 0. The highest BCUT2D eigenvalue weighted by Gasteiger charge is 2.02. The van der Waals surface area contributed by atoms with Gasteiger partial charge in [0.1, 0.15) is 0 Å². The second kappa shape index (κ2) is 3.60. The molecule has 66 valence electrons. The van der Waals surface area contributed by atoms with E-state index >= 15 is 0 Å². The minimum atomic E-state index is 0.732. The number of aromatic nitrogens is 1. The van der Waals surface area contributed by atoms with Gasteiger partial charge in [-0.1, -0.05) is 12.1 Å². The summed E-state index contributed by atoms with van der Waals surface area (Å²) in [6.07, 6.45) is 1.78. The quantitative estimate of drug-likeness (QED) is 0.686. The van der Waals surface area contributed by atoms with Gasteiger partial charge in [0.2, 0.25) is 0 Å². The van der Waals surface area contributed by atoms with E-state index in [9.17, 15) is 0 Å². The molecule has 0 aliphatic heterocycles. The number of rotatable bonds is 1. The molecule has 0 saturated heterocycles. The maximum Gasteiger partial charge on any atom is 0.0838 e. The highest BCUT2D eigenvalue weighted by Crippen LogP contribution is 2.23. The predicted molar refractivity (Wildman–Crippen MR) is 61.7 cm³/mol. The van der Waals surface area contributed by atoms with Gasteiger partial charge in [0.25, 0.3) is 0 Å². The summed E-state index contributed by atoms with van der Waals surface area (Å²) in [5, 5.41) is 1.14. The number of fused-ring (bicyclic) bond motifs is 1. The first-order valence-electron chi connectivity index (χ1n) is 3.99. The Morgan fingerprint density at radius 2 is 2.08 bits per heavy atom. The van der Waals surface area contributed by atoms with E-state index in [0.717, 1.165) is 21.6 Å². The number of thiol groups is 2. The SMILES string of the molecule is SCc1ccc(S)c2ncccc12. The lowest BCUT2D eigenvalue weighted by atomic mass is 10.1. The molecule has 1 nitrogen and oxygen atoms in total. The molecule has 0 fully saturated rings. The van der Waals surface area contributed by atoms with Gasteiger partial charge in [-0.15, -0.1) is 12.6 Å². The Kier molecular flexibility index (Phi) is 2.47. The van der Waals surface area contributed by atoms with Gasteiger partial charge in [0.05, 0.1) is 5.52 Å². The van der Waals surface area contributed by atoms with Gasteiger partial charge in [-0.05, 0) is 17.7 Å². The second-order valence-electron chi connectivity index (χ2n) is 2.80. The maximum absolute atomic E-state index is 4.35. The van der Waals surface area contributed by atoms with E-state index < -0.39 is 0 Å². The van der Waals surface area contributed by atoms with Crippen molar-refractivity contribution in [2.45, 2.75) is 10.6 Å². The molecular weight excluding hydrogens is 198 g/mol. The molecule has 0 saturated carbocycles. The van der Waals surface area contributed by atoms with Crippen molar-refractivity contribution in [1.29, 1.82) is 0 Å². The fourth-order valence-electron chi connectivity index (χ4n) is 1.35. The van der Waals surface area contributed by atoms with Gasteiger partial charge in [-0.2, -0.15) is 12.6 Å². The lowest BCUT2D eigenvalue weighted by Gasteiger charge is -2.04. The highest BCUT2D eigenvalue weighted by atomic mass is 32.1. The molecule has 1 heterocycles. The zero-order valence-corrected chi connectivity index (χ0v) is 8.72. The van der Waals surface area contributed by atoms with Crippen molar-refractivity contribution in [3.8, 4) is 0 Å². The molecule has 0 aliphatic carbocycles. The normalized spacial score (nSPS) is 10.6. The second-order valence-corrected chi connectivity index (χ2v) is 3.60. The summed E-state index contributed by atoms with van der Waals surface area (Å²) in [5.74, 6) is 0.732. The molecule has 2 rings (SSSR count). The molecule has 1 aromatic heterocycles. The fraction of sp³-hybridized carbons (Fsp3) is 0.100. The van der Waals surface area contributed by atoms with Gasteiger partial charge >= 0.3 is 0 Å². The number of hydrogen-bond donors (Lipinski definition) is 2. The Morgan fingerprint density at radius 1 is 1.23 bits per heavy atom. The van der Waals surface area contributed by atoms with Crippen molar-refractivity contribution in [2.24, 2.45) is 0 Å². The van der Waals surface area contributed by atoms with Gasteiger partial charge < -0.3 is 0 Å². The van der Waals surface area contributed by atoms with Crippen molar-refractivity contribution >= 4 is 36.2 Å². The third-order valence-corrected chi connectivity index (χ3v) is 2.71. The summed E-state index contributed by atoms with van der Waals surface area (Å²) in [6, 6.07) is 7.99. The first-order valence-corrected chi connectivity index (χ1v) is 5.07. The first kappa shape index (κ1) is 8.91. The van der Waals surface area contributed by atoms with Crippen molar-refractivity contribution in [3.63, 3.8) is 0 Å². The van der Waals surface area contributed by atoms with Crippen molar-refractivity contribution in [3.05, 3.63) is 36.0 Å². The van der Waals surface area contributed by atoms with Gasteiger partial charge in [-0.25, -0.2) is 0 Å². The fourth-order valence-corrected chi connectivity index (χ4v) is 1.88. The topological polar surface area (TPSA) is 12.9 Å². The average Bonchev–Trinajstić information content (AvgIpc) is 2.19. The number of nitrogens with zero attached hydrogens (tertiary/aromatic N) is 1. The van der Waals surface area contributed by atoms with Crippen LogP contribution < -0.4 is 0 Å². The Bertz CT molecular complexity index is 440. The largest absolute Gasteiger partial charge is 0.255 e. The molecule has 0 bridgehead atoms. The van der Waals surface area contributed by atoms with Crippen LogP contribution in [0.5, 0.6) is 0 Å². The van der Waals surface area contributed by atoms with Crippen LogP contribution in [-0.4, -0.2) is 4.98 Å². The maximum atomic E-state index is 4.35. The van der Waals surface area contributed by atoms with E-state index in [2.05, 4.69) is 30.2 Å². The molecule has 0 amide bonds. The van der Waals surface area contributed by atoms with E-state index in [1.54, 1.807) is 6.20 Å². The zero-order chi connectivity index (χ0) is 9.26. The van der Waals surface area contributed by atoms with Crippen molar-refractivity contribution in [2.75, 3.05) is 0 Å². The minimum absolute atomic E-state index is 0.732. The molecule has 0 radical (unpaired) electrons. The highest BCUT2D eigenvalue weighted by molar-refractivity contribution is 7.80. The van der Waals surface area contributed by atoms with E-state index in [0.29, 0.717) is 0 Å². The van der Waals surface area contributed by atoms with E-state index in [4.69, 9.17) is 0 Å². The average molecular weight is 207 g/mol. The molecule has 2 aromatic rings. The Balaban J connectivity index is 2.84. The number of hydrogen-bond acceptors (Lipinski definition) is 3. The van der Waals surface area contributed by atoms with Crippen LogP contribution in [0.4, 0.5) is 0 Å². The summed E-state index contributed by atoms with van der Waals surface area (Å²) in [6.45, 7) is 0. The zero-order valence-electron chi connectivity index (χ0n) is 6.94. The molecule has 3 heteroatoms. The van der Waals surface area contributed by atoms with Crippen LogP contribution in [-0.2, 0) is 5.75 Å². The Morgan fingerprint density at radius 3 is 2.85 bits per heavy atom. The van der Waals surface area contributed by atoms with Crippen molar-refractivity contribution < 1.29 is 0 Å². The summed E-state index contributed by atoms with van der Waals surface area (Å²) < 4.78 is 0. The first-order chi connectivity index (χ1) is 6.33. The summed E-state index contributed by atoms with van der Waals surface area (Å²) in [5.41, 5.74) is 2.15. The summed E-state index contributed by atoms with van der Waals surface area (Å²) >= 11 is 8.62.